The Bertz CT molecular complexity index is 581. The summed E-state index contributed by atoms with van der Waals surface area (Å²) in [5.41, 5.74) is 5.79. The van der Waals surface area contributed by atoms with Gasteiger partial charge in [-0.25, -0.2) is 4.98 Å². The van der Waals surface area contributed by atoms with E-state index in [9.17, 15) is 4.79 Å². The highest BCUT2D eigenvalue weighted by Crippen LogP contribution is 2.16. The van der Waals surface area contributed by atoms with Crippen molar-refractivity contribution in [3.05, 3.63) is 35.0 Å². The quantitative estimate of drug-likeness (QED) is 0.837. The Morgan fingerprint density at radius 3 is 3.06 bits per heavy atom. The Hall–Kier alpha value is -2.15. The molecule has 0 spiro atoms. The summed E-state index contributed by atoms with van der Waals surface area (Å²) in [6.45, 7) is 0.258. The summed E-state index contributed by atoms with van der Waals surface area (Å²) < 4.78 is 1.71. The molecule has 0 unspecified atom stereocenters. The molecule has 0 saturated carbocycles. The average molecular weight is 267 g/mol. The van der Waals surface area contributed by atoms with Crippen LogP contribution in [-0.4, -0.2) is 25.7 Å². The topological polar surface area (TPSA) is 98.7 Å². The van der Waals surface area contributed by atoms with Crippen LogP contribution in [0.3, 0.4) is 0 Å². The number of carbonyl (C=O) groups excluding carboxylic acids is 1. The van der Waals surface area contributed by atoms with Gasteiger partial charge in [-0.3, -0.25) is 4.79 Å². The van der Waals surface area contributed by atoms with Crippen LogP contribution in [0.15, 0.2) is 18.6 Å². The number of anilines is 1. The maximum absolute atomic E-state index is 11.9. The van der Waals surface area contributed by atoms with Crippen LogP contribution in [-0.2, 0) is 13.6 Å². The smallest absolute Gasteiger partial charge is 0.253 e. The summed E-state index contributed by atoms with van der Waals surface area (Å²) in [7, 11) is 1.79. The minimum Gasteiger partial charge on any atom is -0.384 e. The normalized spacial score (nSPS) is 10.3. The molecule has 0 aliphatic rings. The van der Waals surface area contributed by atoms with Gasteiger partial charge in [-0.15, -0.1) is 10.2 Å². The predicted octanol–water partition coefficient (Wildman–Crippen LogP) is 0.376. The maximum Gasteiger partial charge on any atom is 0.253 e. The first-order valence-electron chi connectivity index (χ1n) is 5.10. The van der Waals surface area contributed by atoms with E-state index in [1.165, 1.54) is 12.3 Å². The van der Waals surface area contributed by atoms with Gasteiger partial charge in [0.2, 0.25) is 0 Å². The van der Waals surface area contributed by atoms with E-state index in [0.717, 1.165) is 0 Å². The van der Waals surface area contributed by atoms with Crippen molar-refractivity contribution < 1.29 is 4.79 Å². The Kier molecular flexibility index (Phi) is 3.42. The van der Waals surface area contributed by atoms with Crippen LogP contribution in [0.4, 0.5) is 5.82 Å². The highest BCUT2D eigenvalue weighted by atomic mass is 35.5. The number of aryl methyl sites for hydroxylation is 1. The molecule has 0 saturated heterocycles. The fraction of sp³-hybridized carbons (Fsp3) is 0.200. The Labute approximate surface area is 108 Å². The van der Waals surface area contributed by atoms with E-state index in [1.54, 1.807) is 17.9 Å². The number of nitrogens with one attached hydrogen (secondary N) is 1. The predicted molar refractivity (Wildman–Crippen MR) is 65.8 cm³/mol. The number of hydrogen-bond donors (Lipinski definition) is 2. The molecule has 0 aromatic carbocycles. The van der Waals surface area contributed by atoms with Gasteiger partial charge in [-0.2, -0.15) is 0 Å². The van der Waals surface area contributed by atoms with E-state index in [2.05, 4.69) is 20.5 Å². The molecule has 3 N–H and O–H groups in total. The number of pyridine rings is 1. The third-order valence-corrected chi connectivity index (χ3v) is 2.63. The Balaban J connectivity index is 2.08. The molecule has 0 aliphatic carbocycles. The van der Waals surface area contributed by atoms with Crippen molar-refractivity contribution in [2.24, 2.45) is 7.05 Å². The first-order valence-corrected chi connectivity index (χ1v) is 5.48. The van der Waals surface area contributed by atoms with E-state index < -0.39 is 0 Å². The van der Waals surface area contributed by atoms with Crippen molar-refractivity contribution in [3.63, 3.8) is 0 Å². The average Bonchev–Trinajstić information content (AvgIpc) is 2.75. The van der Waals surface area contributed by atoms with Crippen molar-refractivity contribution in [1.82, 2.24) is 25.1 Å². The zero-order valence-electron chi connectivity index (χ0n) is 9.59. The molecule has 7 nitrogen and oxygen atoms in total. The van der Waals surface area contributed by atoms with Crippen molar-refractivity contribution in [2.45, 2.75) is 6.54 Å². The monoisotopic (exact) mass is 266 g/mol. The third kappa shape index (κ3) is 2.57. The minimum atomic E-state index is -0.336. The van der Waals surface area contributed by atoms with Gasteiger partial charge in [-0.05, 0) is 6.07 Å². The second-order valence-corrected chi connectivity index (χ2v) is 4.04. The maximum atomic E-state index is 11.9. The fourth-order valence-corrected chi connectivity index (χ4v) is 1.54. The molecular formula is C10H11ClN6O. The van der Waals surface area contributed by atoms with Gasteiger partial charge in [0.05, 0.1) is 17.1 Å². The van der Waals surface area contributed by atoms with Gasteiger partial charge < -0.3 is 15.6 Å². The molecular weight excluding hydrogens is 256 g/mol. The van der Waals surface area contributed by atoms with Crippen molar-refractivity contribution in [2.75, 3.05) is 5.73 Å². The summed E-state index contributed by atoms with van der Waals surface area (Å²) in [6, 6.07) is 1.42. The lowest BCUT2D eigenvalue weighted by Crippen LogP contribution is -2.25. The van der Waals surface area contributed by atoms with Crippen LogP contribution in [0.2, 0.25) is 5.02 Å². The van der Waals surface area contributed by atoms with Crippen molar-refractivity contribution >= 4 is 23.3 Å². The van der Waals surface area contributed by atoms with Gasteiger partial charge in [0.25, 0.3) is 5.91 Å². The van der Waals surface area contributed by atoms with Gasteiger partial charge in [0.1, 0.15) is 12.1 Å². The largest absolute Gasteiger partial charge is 0.384 e. The molecule has 2 rings (SSSR count). The molecule has 8 heteroatoms. The van der Waals surface area contributed by atoms with Crippen LogP contribution < -0.4 is 11.1 Å². The van der Waals surface area contributed by atoms with E-state index in [1.807, 2.05) is 0 Å². The molecule has 0 aliphatic heterocycles. The second kappa shape index (κ2) is 5.01. The van der Waals surface area contributed by atoms with Crippen LogP contribution in [0.25, 0.3) is 0 Å². The first kappa shape index (κ1) is 12.3. The molecule has 94 valence electrons. The van der Waals surface area contributed by atoms with Crippen LogP contribution in [0, 0.1) is 0 Å². The van der Waals surface area contributed by atoms with Crippen molar-refractivity contribution in [3.8, 4) is 0 Å². The number of amides is 1. The zero-order chi connectivity index (χ0) is 13.1. The third-order valence-electron chi connectivity index (χ3n) is 2.33. The van der Waals surface area contributed by atoms with Crippen molar-refractivity contribution in [1.29, 1.82) is 0 Å². The number of aromatic nitrogens is 4. The van der Waals surface area contributed by atoms with E-state index in [4.69, 9.17) is 17.3 Å². The standard InChI is InChI=1S/C10H11ClN6O/c1-17-5-15-16-9(17)4-14-10(18)6-2-8(12)13-3-7(6)11/h2-3,5H,4H2,1H3,(H2,12,13)(H,14,18). The Morgan fingerprint density at radius 2 is 2.39 bits per heavy atom. The molecule has 2 aromatic heterocycles. The molecule has 2 heterocycles. The summed E-state index contributed by atoms with van der Waals surface area (Å²) in [4.78, 5) is 15.7. The fourth-order valence-electron chi connectivity index (χ4n) is 1.35. The van der Waals surface area contributed by atoms with Gasteiger partial charge in [-0.1, -0.05) is 11.6 Å². The second-order valence-electron chi connectivity index (χ2n) is 3.63. The van der Waals surface area contributed by atoms with Gasteiger partial charge >= 0.3 is 0 Å². The molecule has 0 bridgehead atoms. The molecule has 0 radical (unpaired) electrons. The van der Waals surface area contributed by atoms with Gasteiger partial charge in [0.15, 0.2) is 5.82 Å². The number of nitrogens with zero attached hydrogens (tertiary/aromatic N) is 4. The highest BCUT2D eigenvalue weighted by molar-refractivity contribution is 6.33. The molecule has 18 heavy (non-hydrogen) atoms. The molecule has 2 aromatic rings. The van der Waals surface area contributed by atoms with Crippen LogP contribution in [0.5, 0.6) is 0 Å². The summed E-state index contributed by atoms with van der Waals surface area (Å²) in [5.74, 6) is 0.543. The van der Waals surface area contributed by atoms with E-state index >= 15 is 0 Å². The number of halogens is 1. The Morgan fingerprint density at radius 1 is 1.61 bits per heavy atom. The van der Waals surface area contributed by atoms with Gasteiger partial charge in [0, 0.05) is 13.2 Å². The lowest BCUT2D eigenvalue weighted by atomic mass is 10.2. The summed E-state index contributed by atoms with van der Waals surface area (Å²) >= 11 is 5.87. The summed E-state index contributed by atoms with van der Waals surface area (Å²) in [6.07, 6.45) is 2.90. The lowest BCUT2D eigenvalue weighted by molar-refractivity contribution is 0.0949. The number of hydrogen-bond acceptors (Lipinski definition) is 5. The lowest BCUT2D eigenvalue weighted by Gasteiger charge is -2.06. The van der Waals surface area contributed by atoms with E-state index in [0.29, 0.717) is 5.82 Å². The first-order chi connectivity index (χ1) is 8.58. The number of nitrogens with two attached hydrogens (primary N) is 1. The number of carbonyl (C=O) groups is 1. The minimum absolute atomic E-state index is 0.239. The zero-order valence-corrected chi connectivity index (χ0v) is 10.3. The molecule has 1 amide bonds. The SMILES string of the molecule is Cn1cnnc1CNC(=O)c1cc(N)ncc1Cl. The highest BCUT2D eigenvalue weighted by Gasteiger charge is 2.12. The number of rotatable bonds is 3. The van der Waals surface area contributed by atoms with Crippen LogP contribution >= 0.6 is 11.6 Å². The summed E-state index contributed by atoms with van der Waals surface area (Å²) in [5, 5.41) is 10.5. The van der Waals surface area contributed by atoms with E-state index in [-0.39, 0.29) is 28.9 Å². The molecule has 0 atom stereocenters. The van der Waals surface area contributed by atoms with Crippen LogP contribution in [0.1, 0.15) is 16.2 Å². The molecule has 0 fully saturated rings. The number of nitrogen functional groups attached to an aromatic ring is 1.